The van der Waals surface area contributed by atoms with E-state index >= 15 is 0 Å². The second-order valence-corrected chi connectivity index (χ2v) is 12.4. The van der Waals surface area contributed by atoms with Crippen molar-refractivity contribution in [3.05, 3.63) is 64.7 Å². The fraction of sp³-hybridized carbons (Fsp3) is 0.419. The van der Waals surface area contributed by atoms with Crippen LogP contribution in [0.1, 0.15) is 59.7 Å². The van der Waals surface area contributed by atoms with E-state index in [2.05, 4.69) is 48.3 Å². The maximum Gasteiger partial charge on any atom is 0.335 e. The summed E-state index contributed by atoms with van der Waals surface area (Å²) in [5.74, 6) is -0.0711. The molecular weight excluding hydrogens is 538 g/mol. The predicted molar refractivity (Wildman–Crippen MR) is 160 cm³/mol. The second kappa shape index (κ2) is 12.1. The van der Waals surface area contributed by atoms with Gasteiger partial charge in [0.05, 0.1) is 11.3 Å². The third-order valence-corrected chi connectivity index (χ3v) is 8.95. The molecule has 41 heavy (non-hydrogen) atoms. The molecule has 2 fully saturated rings. The summed E-state index contributed by atoms with van der Waals surface area (Å²) in [5.41, 5.74) is 5.55. The fourth-order valence-electron chi connectivity index (χ4n) is 6.20. The van der Waals surface area contributed by atoms with E-state index in [9.17, 15) is 14.7 Å². The van der Waals surface area contributed by atoms with Gasteiger partial charge in [0, 0.05) is 34.1 Å². The maximum atomic E-state index is 11.4. The van der Waals surface area contributed by atoms with Crippen LogP contribution in [0, 0.1) is 26.2 Å². The smallest absolute Gasteiger partial charge is 0.335 e. The monoisotopic (exact) mass is 575 g/mol. The van der Waals surface area contributed by atoms with Crippen molar-refractivity contribution in [2.24, 2.45) is 5.41 Å². The second-order valence-electron chi connectivity index (χ2n) is 11.5. The Bertz CT molecular complexity index is 1410. The van der Waals surface area contributed by atoms with E-state index in [4.69, 9.17) is 14.7 Å². The largest absolute Gasteiger partial charge is 0.478 e. The summed E-state index contributed by atoms with van der Waals surface area (Å²) in [6, 6.07) is 13.8. The summed E-state index contributed by atoms with van der Waals surface area (Å²) in [6.45, 7) is 8.70. The molecule has 10 heteroatoms. The Morgan fingerprint density at radius 2 is 1.78 bits per heavy atom. The van der Waals surface area contributed by atoms with Gasteiger partial charge in [-0.3, -0.25) is 9.52 Å². The molecule has 1 heterocycles. The van der Waals surface area contributed by atoms with Gasteiger partial charge < -0.3 is 20.5 Å². The zero-order valence-corrected chi connectivity index (χ0v) is 24.7. The molecule has 0 aliphatic heterocycles. The first kappa shape index (κ1) is 28.9. The van der Waals surface area contributed by atoms with Gasteiger partial charge in [0.2, 0.25) is 18.2 Å². The molecule has 2 saturated carbocycles. The summed E-state index contributed by atoms with van der Waals surface area (Å²) < 4.78 is 9.50. The van der Waals surface area contributed by atoms with Crippen molar-refractivity contribution in [2.75, 3.05) is 11.3 Å². The molecule has 1 aromatic heterocycles. The summed E-state index contributed by atoms with van der Waals surface area (Å²) in [5, 5.41) is 15.9. The molecule has 4 N–H and O–H groups in total. The SMILES string of the molecule is Cc1cccc(C)c1-c1nc(NSc2cccc(C(=O)O)c2)nc(OCC(C)NC2CC3(CC(NC=O)C3)C2)c1C. The standard InChI is InChI=1S/C31H37N5O4S/c1-18-7-5-8-19(2)26(18)27-21(4)28(35-30(34-27)36-41-25-10-6-9-22(11-25)29(38)39)40-16-20(3)33-24-14-31(15-24)12-23(13-31)32-17-37/h5-11,17,20,23-24,33H,12-16H2,1-4H3,(H,32,37)(H,38,39)(H,34,35,36). The maximum absolute atomic E-state index is 11.4. The van der Waals surface area contributed by atoms with Gasteiger partial charge in [-0.15, -0.1) is 0 Å². The van der Waals surface area contributed by atoms with Crippen molar-refractivity contribution in [1.29, 1.82) is 0 Å². The molecule has 1 atom stereocenters. The van der Waals surface area contributed by atoms with Crippen LogP contribution in [0.25, 0.3) is 11.3 Å². The molecule has 0 radical (unpaired) electrons. The lowest BCUT2D eigenvalue weighted by molar-refractivity contribution is -0.113. The normalized spacial score (nSPS) is 21.9. The number of rotatable bonds is 12. The van der Waals surface area contributed by atoms with E-state index in [-0.39, 0.29) is 11.6 Å². The molecule has 1 amide bonds. The Labute approximate surface area is 245 Å². The van der Waals surface area contributed by atoms with Crippen LogP contribution in [-0.4, -0.2) is 52.2 Å². The third kappa shape index (κ3) is 6.49. The number of hydrogen-bond acceptors (Lipinski definition) is 8. The van der Waals surface area contributed by atoms with Crippen LogP contribution < -0.4 is 20.1 Å². The van der Waals surface area contributed by atoms with Crippen molar-refractivity contribution in [1.82, 2.24) is 20.6 Å². The number of nitrogens with zero attached hydrogens (tertiary/aromatic N) is 2. The minimum atomic E-state index is -0.973. The highest BCUT2D eigenvalue weighted by Gasteiger charge is 2.52. The molecule has 0 bridgehead atoms. The zero-order valence-electron chi connectivity index (χ0n) is 23.9. The van der Waals surface area contributed by atoms with Crippen LogP contribution in [0.2, 0.25) is 0 Å². The van der Waals surface area contributed by atoms with Crippen LogP contribution >= 0.6 is 11.9 Å². The first-order valence-corrected chi connectivity index (χ1v) is 14.8. The Morgan fingerprint density at radius 1 is 1.10 bits per heavy atom. The Balaban J connectivity index is 1.29. The number of aromatic nitrogens is 2. The zero-order chi connectivity index (χ0) is 29.1. The molecule has 1 spiro atoms. The number of nitrogens with one attached hydrogen (secondary N) is 3. The van der Waals surface area contributed by atoms with E-state index in [0.717, 1.165) is 64.9 Å². The first-order chi connectivity index (χ1) is 19.7. The van der Waals surface area contributed by atoms with Gasteiger partial charge in [0.15, 0.2) is 0 Å². The third-order valence-electron chi connectivity index (χ3n) is 8.17. The Morgan fingerprint density at radius 3 is 2.46 bits per heavy atom. The predicted octanol–water partition coefficient (Wildman–Crippen LogP) is 5.30. The van der Waals surface area contributed by atoms with Crippen LogP contribution in [0.5, 0.6) is 5.88 Å². The van der Waals surface area contributed by atoms with Gasteiger partial charge in [-0.2, -0.15) is 4.98 Å². The van der Waals surface area contributed by atoms with Crippen molar-refractivity contribution in [3.63, 3.8) is 0 Å². The number of anilines is 1. The minimum absolute atomic E-state index is 0.129. The number of carboxylic acids is 1. The number of carboxylic acid groups (broad SMARTS) is 1. The van der Waals surface area contributed by atoms with E-state index in [1.165, 1.54) is 11.9 Å². The van der Waals surface area contributed by atoms with Crippen molar-refractivity contribution in [2.45, 2.75) is 76.4 Å². The Kier molecular flexibility index (Phi) is 8.51. The van der Waals surface area contributed by atoms with E-state index in [0.29, 0.717) is 35.9 Å². The fourth-order valence-corrected chi connectivity index (χ4v) is 6.83. The van der Waals surface area contributed by atoms with Crippen molar-refractivity contribution < 1.29 is 19.4 Å². The highest BCUT2D eigenvalue weighted by Crippen LogP contribution is 2.55. The average molecular weight is 576 g/mol. The topological polar surface area (TPSA) is 125 Å². The van der Waals surface area contributed by atoms with E-state index < -0.39 is 5.97 Å². The molecule has 2 aliphatic carbocycles. The summed E-state index contributed by atoms with van der Waals surface area (Å²) in [4.78, 5) is 32.4. The van der Waals surface area contributed by atoms with Gasteiger partial charge in [-0.25, -0.2) is 9.78 Å². The van der Waals surface area contributed by atoms with Gasteiger partial charge in [-0.05, 0) is 100 Å². The molecule has 216 valence electrons. The number of aromatic carboxylic acids is 1. The molecule has 0 saturated heterocycles. The van der Waals surface area contributed by atoms with Crippen LogP contribution in [-0.2, 0) is 4.79 Å². The molecule has 2 aliphatic rings. The summed E-state index contributed by atoms with van der Waals surface area (Å²) in [7, 11) is 0. The molecule has 2 aromatic carbocycles. The highest BCUT2D eigenvalue weighted by atomic mass is 32.2. The lowest BCUT2D eigenvalue weighted by Crippen LogP contribution is -2.61. The quantitative estimate of drug-likeness (QED) is 0.168. The molecular formula is C31H37N5O4S. The average Bonchev–Trinajstić information content (AvgIpc) is 2.90. The number of carbonyl (C=O) groups is 2. The van der Waals surface area contributed by atoms with Crippen LogP contribution in [0.4, 0.5) is 5.95 Å². The number of ether oxygens (including phenoxy) is 1. The van der Waals surface area contributed by atoms with Crippen molar-refractivity contribution >= 4 is 30.3 Å². The first-order valence-electron chi connectivity index (χ1n) is 14.0. The Hall–Kier alpha value is -3.63. The van der Waals surface area contributed by atoms with Gasteiger partial charge in [0.1, 0.15) is 6.61 Å². The highest BCUT2D eigenvalue weighted by molar-refractivity contribution is 8.00. The number of amides is 1. The molecule has 3 aromatic rings. The number of aryl methyl sites for hydroxylation is 2. The number of hydrogen-bond donors (Lipinski definition) is 4. The lowest BCUT2D eigenvalue weighted by atomic mass is 9.52. The number of carbonyl (C=O) groups excluding carboxylic acids is 1. The van der Waals surface area contributed by atoms with Gasteiger partial charge in [-0.1, -0.05) is 24.3 Å². The molecule has 9 nitrogen and oxygen atoms in total. The van der Waals surface area contributed by atoms with Crippen molar-refractivity contribution in [3.8, 4) is 17.1 Å². The van der Waals surface area contributed by atoms with Crippen LogP contribution in [0.15, 0.2) is 47.4 Å². The minimum Gasteiger partial charge on any atom is -0.478 e. The number of benzene rings is 2. The van der Waals surface area contributed by atoms with E-state index in [1.54, 1.807) is 18.2 Å². The van der Waals surface area contributed by atoms with Crippen LogP contribution in [0.3, 0.4) is 0 Å². The van der Waals surface area contributed by atoms with E-state index in [1.807, 2.05) is 19.1 Å². The van der Waals surface area contributed by atoms with Gasteiger partial charge in [0.25, 0.3) is 0 Å². The molecule has 5 rings (SSSR count). The summed E-state index contributed by atoms with van der Waals surface area (Å²) in [6.07, 6.45) is 5.22. The lowest BCUT2D eigenvalue weighted by Gasteiger charge is -2.58. The van der Waals surface area contributed by atoms with Gasteiger partial charge >= 0.3 is 5.97 Å². The molecule has 1 unspecified atom stereocenters. The summed E-state index contributed by atoms with van der Waals surface area (Å²) >= 11 is 1.26.